The zero-order valence-corrected chi connectivity index (χ0v) is 10.8. The van der Waals surface area contributed by atoms with Crippen molar-refractivity contribution >= 4 is 22.2 Å². The summed E-state index contributed by atoms with van der Waals surface area (Å²) in [7, 11) is 0. The molecule has 1 saturated carbocycles. The summed E-state index contributed by atoms with van der Waals surface area (Å²) in [4.78, 5) is 29.9. The summed E-state index contributed by atoms with van der Waals surface area (Å²) in [6, 6.07) is 0.224. The largest absolute Gasteiger partial charge is 0.349 e. The molecule has 0 aliphatic heterocycles. The number of nitrogens with zero attached hydrogens (tertiary/aromatic N) is 2. The van der Waals surface area contributed by atoms with Crippen LogP contribution in [0.4, 0.5) is 0 Å². The summed E-state index contributed by atoms with van der Waals surface area (Å²) in [6.07, 6.45) is 6.24. The van der Waals surface area contributed by atoms with Gasteiger partial charge in [-0.2, -0.15) is 0 Å². The second-order valence-corrected chi connectivity index (χ2v) is 5.79. The monoisotopic (exact) mass is 263 g/mol. The first-order valence-electron chi connectivity index (χ1n) is 5.94. The Morgan fingerprint density at radius 2 is 2.33 bits per heavy atom. The van der Waals surface area contributed by atoms with Gasteiger partial charge in [0.2, 0.25) is 0 Å². The fraction of sp³-hybridized carbons (Fsp3) is 0.417. The molecule has 0 saturated heterocycles. The molecular weight excluding hydrogens is 250 g/mol. The maximum Gasteiger partial charge on any atom is 0.271 e. The fourth-order valence-electron chi connectivity index (χ4n) is 1.97. The summed E-state index contributed by atoms with van der Waals surface area (Å²) in [6.45, 7) is 1.91. The first kappa shape index (κ1) is 11.4. The van der Waals surface area contributed by atoms with Gasteiger partial charge in [0.25, 0.3) is 11.5 Å². The van der Waals surface area contributed by atoms with Crippen molar-refractivity contribution in [3.63, 3.8) is 0 Å². The number of aromatic nitrogens is 2. The maximum atomic E-state index is 12.1. The molecule has 94 valence electrons. The zero-order valence-electron chi connectivity index (χ0n) is 9.97. The molecule has 1 amide bonds. The molecule has 0 aromatic carbocycles. The molecule has 3 rings (SSSR count). The van der Waals surface area contributed by atoms with E-state index in [1.165, 1.54) is 21.9 Å². The van der Waals surface area contributed by atoms with Gasteiger partial charge in [0.1, 0.15) is 5.56 Å². The van der Waals surface area contributed by atoms with Crippen LogP contribution < -0.4 is 10.9 Å². The van der Waals surface area contributed by atoms with Gasteiger partial charge in [-0.15, -0.1) is 11.3 Å². The molecule has 1 fully saturated rings. The molecule has 0 bridgehead atoms. The number of rotatable bonds is 2. The lowest BCUT2D eigenvalue weighted by Gasteiger charge is -2.26. The summed E-state index contributed by atoms with van der Waals surface area (Å²) in [5, 5.41) is 2.86. The van der Waals surface area contributed by atoms with Gasteiger partial charge in [-0.3, -0.25) is 14.0 Å². The van der Waals surface area contributed by atoms with Gasteiger partial charge in [0.05, 0.1) is 0 Å². The van der Waals surface area contributed by atoms with E-state index in [1.807, 2.05) is 6.92 Å². The third-order valence-corrected chi connectivity index (χ3v) is 4.12. The van der Waals surface area contributed by atoms with Crippen LogP contribution in [0.1, 0.15) is 34.5 Å². The zero-order chi connectivity index (χ0) is 12.7. The van der Waals surface area contributed by atoms with Crippen molar-refractivity contribution in [2.24, 2.45) is 0 Å². The highest BCUT2D eigenvalue weighted by atomic mass is 32.1. The van der Waals surface area contributed by atoms with E-state index in [1.54, 1.807) is 6.20 Å². The summed E-state index contributed by atoms with van der Waals surface area (Å²) in [5.41, 5.74) is -0.168. The topological polar surface area (TPSA) is 63.5 Å². The molecule has 2 heterocycles. The van der Waals surface area contributed by atoms with Crippen molar-refractivity contribution in [2.75, 3.05) is 0 Å². The van der Waals surface area contributed by atoms with Crippen LogP contribution in [-0.2, 0) is 0 Å². The number of carbonyl (C=O) groups excluding carboxylic acids is 1. The lowest BCUT2D eigenvalue weighted by Crippen LogP contribution is -2.41. The van der Waals surface area contributed by atoms with Gasteiger partial charge in [0.15, 0.2) is 4.96 Å². The van der Waals surface area contributed by atoms with Crippen LogP contribution in [0.25, 0.3) is 4.96 Å². The Balaban J connectivity index is 1.98. The number of hydrogen-bond acceptors (Lipinski definition) is 4. The summed E-state index contributed by atoms with van der Waals surface area (Å²) in [5.74, 6) is -0.310. The van der Waals surface area contributed by atoms with Crippen molar-refractivity contribution in [3.8, 4) is 0 Å². The third kappa shape index (κ3) is 1.82. The Bertz CT molecular complexity index is 670. The molecule has 6 heteroatoms. The molecule has 2 aromatic rings. The van der Waals surface area contributed by atoms with E-state index in [0.717, 1.165) is 24.1 Å². The van der Waals surface area contributed by atoms with Gasteiger partial charge in [-0.1, -0.05) is 0 Å². The lowest BCUT2D eigenvalue weighted by molar-refractivity contribution is 0.0915. The highest BCUT2D eigenvalue weighted by Crippen LogP contribution is 2.18. The van der Waals surface area contributed by atoms with Gasteiger partial charge in [0, 0.05) is 23.3 Å². The summed E-state index contributed by atoms with van der Waals surface area (Å²) < 4.78 is 1.44. The first-order chi connectivity index (χ1) is 8.65. The van der Waals surface area contributed by atoms with Crippen LogP contribution in [0, 0.1) is 6.92 Å². The van der Waals surface area contributed by atoms with Crippen LogP contribution in [0.3, 0.4) is 0 Å². The number of fused-ring (bicyclic) bond motifs is 1. The van der Waals surface area contributed by atoms with Gasteiger partial charge in [-0.05, 0) is 26.2 Å². The number of aryl methyl sites for hydroxylation is 1. The Labute approximate surface area is 107 Å². The molecule has 1 N–H and O–H groups in total. The van der Waals surface area contributed by atoms with Gasteiger partial charge in [-0.25, -0.2) is 4.98 Å². The minimum absolute atomic E-state index is 0.122. The minimum Gasteiger partial charge on any atom is -0.349 e. The van der Waals surface area contributed by atoms with E-state index in [9.17, 15) is 9.59 Å². The number of thiazole rings is 1. The van der Waals surface area contributed by atoms with Crippen LogP contribution in [-0.4, -0.2) is 21.3 Å². The average molecular weight is 263 g/mol. The minimum atomic E-state index is -0.310. The molecule has 0 atom stereocenters. The number of amides is 1. The van der Waals surface area contributed by atoms with E-state index in [4.69, 9.17) is 0 Å². The van der Waals surface area contributed by atoms with E-state index in [-0.39, 0.29) is 23.1 Å². The SMILES string of the molecule is Cc1cn2c(=O)c(C(=O)NC3CCC3)cnc2s1. The predicted molar refractivity (Wildman–Crippen MR) is 69.2 cm³/mol. The molecule has 1 aliphatic rings. The van der Waals surface area contributed by atoms with Crippen LogP contribution in [0.2, 0.25) is 0 Å². The highest BCUT2D eigenvalue weighted by molar-refractivity contribution is 7.16. The van der Waals surface area contributed by atoms with Crippen molar-refractivity contribution in [3.05, 3.63) is 33.2 Å². The van der Waals surface area contributed by atoms with Gasteiger partial charge >= 0.3 is 0 Å². The van der Waals surface area contributed by atoms with Crippen LogP contribution >= 0.6 is 11.3 Å². The predicted octanol–water partition coefficient (Wildman–Crippen LogP) is 1.35. The summed E-state index contributed by atoms with van der Waals surface area (Å²) >= 11 is 1.44. The van der Waals surface area contributed by atoms with Crippen molar-refractivity contribution in [1.82, 2.24) is 14.7 Å². The number of carbonyl (C=O) groups is 1. The molecule has 18 heavy (non-hydrogen) atoms. The molecule has 0 radical (unpaired) electrons. The Morgan fingerprint density at radius 3 is 3.00 bits per heavy atom. The second kappa shape index (κ2) is 4.20. The van der Waals surface area contributed by atoms with Gasteiger partial charge < -0.3 is 5.32 Å². The van der Waals surface area contributed by atoms with Crippen molar-refractivity contribution < 1.29 is 4.79 Å². The fourth-order valence-corrected chi connectivity index (χ4v) is 2.75. The van der Waals surface area contributed by atoms with E-state index < -0.39 is 0 Å². The maximum absolute atomic E-state index is 12.1. The molecule has 5 nitrogen and oxygen atoms in total. The van der Waals surface area contributed by atoms with E-state index >= 15 is 0 Å². The molecule has 2 aromatic heterocycles. The van der Waals surface area contributed by atoms with Crippen molar-refractivity contribution in [2.45, 2.75) is 32.2 Å². The van der Waals surface area contributed by atoms with E-state index in [0.29, 0.717) is 4.96 Å². The van der Waals surface area contributed by atoms with Crippen molar-refractivity contribution in [1.29, 1.82) is 0 Å². The Morgan fingerprint density at radius 1 is 1.56 bits per heavy atom. The molecule has 1 aliphatic carbocycles. The highest BCUT2D eigenvalue weighted by Gasteiger charge is 2.22. The second-order valence-electron chi connectivity index (χ2n) is 4.57. The average Bonchev–Trinajstić information content (AvgIpc) is 2.65. The Hall–Kier alpha value is -1.69. The van der Waals surface area contributed by atoms with E-state index in [2.05, 4.69) is 10.3 Å². The standard InChI is InChI=1S/C12H13N3O2S/c1-7-6-15-11(17)9(5-13-12(15)18-7)10(16)14-8-3-2-4-8/h5-6,8H,2-4H2,1H3,(H,14,16). The Kier molecular flexibility index (Phi) is 2.66. The van der Waals surface area contributed by atoms with Crippen LogP contribution in [0.5, 0.6) is 0 Å². The molecular formula is C12H13N3O2S. The molecule has 0 unspecified atom stereocenters. The third-order valence-electron chi connectivity index (χ3n) is 3.21. The number of hydrogen-bond donors (Lipinski definition) is 1. The smallest absolute Gasteiger partial charge is 0.271 e. The normalized spacial score (nSPS) is 15.6. The van der Waals surface area contributed by atoms with Crippen LogP contribution in [0.15, 0.2) is 17.2 Å². The lowest BCUT2D eigenvalue weighted by atomic mass is 9.93. The first-order valence-corrected chi connectivity index (χ1v) is 6.75. The number of nitrogens with one attached hydrogen (secondary N) is 1. The quantitative estimate of drug-likeness (QED) is 0.889. The molecule has 0 spiro atoms.